The van der Waals surface area contributed by atoms with E-state index in [2.05, 4.69) is 427 Å². The van der Waals surface area contributed by atoms with Crippen molar-refractivity contribution in [2.45, 2.75) is 0 Å². The zero-order valence-electron chi connectivity index (χ0n) is 59.2. The first-order chi connectivity index (χ1) is 53.6. The van der Waals surface area contributed by atoms with Crippen LogP contribution in [0.5, 0.6) is 0 Å². The van der Waals surface area contributed by atoms with Gasteiger partial charge in [-0.25, -0.2) is 0 Å². The molecule has 0 aromatic heterocycles. The van der Waals surface area contributed by atoms with Crippen LogP contribution in [0.4, 0.5) is 51.2 Å². The largest absolute Gasteiger partial charge is 0.310 e. The Hall–Kier alpha value is -14.1. The molecule has 0 unspecified atom stereocenters. The summed E-state index contributed by atoms with van der Waals surface area (Å²) in [6.45, 7) is -0.313. The molecule has 108 heavy (non-hydrogen) atoms. The highest BCUT2D eigenvalue weighted by Crippen LogP contribution is 2.56. The summed E-state index contributed by atoms with van der Waals surface area (Å²) in [5.41, 5.74) is 31.5. The van der Waals surface area contributed by atoms with Gasteiger partial charge in [0, 0.05) is 56.4 Å². The summed E-state index contributed by atoms with van der Waals surface area (Å²) in [6, 6.07) is 154. The Balaban J connectivity index is 0.921. The quantitative estimate of drug-likeness (QED) is 0.0647. The van der Waals surface area contributed by atoms with Gasteiger partial charge in [-0.05, 0) is 175 Å². The Morgan fingerprint density at radius 2 is 0.519 bits per heavy atom. The molecule has 0 fully saturated rings. The molecule has 2 heterocycles. The number of hydrogen-bond acceptors (Lipinski definition) is 3. The highest BCUT2D eigenvalue weighted by molar-refractivity contribution is 7.00. The van der Waals surface area contributed by atoms with Crippen LogP contribution in [0, 0.1) is 0 Å². The van der Waals surface area contributed by atoms with Gasteiger partial charge in [-0.3, -0.25) is 0 Å². The SMILES string of the molecule is c1ccc(-c2ccc(N(c3ccc(-c4ccccc4)cc3)c3cc4c5c(c3)N(c3c(-c6ccccc6)cccc3-c3ccccc3)c3ccc(-c6ccc7c8cccc9cccc(c%10cccc6c%107)c98)cc3B5c3cc(-c5ccccc5)ccc3N4c3c(-c4ccccc4)cccc3-c3ccccc3)cc2)cc1. The van der Waals surface area contributed by atoms with Gasteiger partial charge in [-0.15, -0.1) is 0 Å². The van der Waals surface area contributed by atoms with Gasteiger partial charge in [-0.1, -0.05) is 364 Å². The summed E-state index contributed by atoms with van der Waals surface area (Å²) in [4.78, 5) is 7.84. The van der Waals surface area contributed by atoms with E-state index in [0.717, 1.165) is 124 Å². The highest BCUT2D eigenvalue weighted by atomic mass is 15.2. The maximum absolute atomic E-state index is 2.68. The van der Waals surface area contributed by atoms with Crippen LogP contribution in [-0.2, 0) is 0 Å². The maximum atomic E-state index is 2.68. The zero-order valence-corrected chi connectivity index (χ0v) is 59.2. The molecule has 2 aliphatic heterocycles. The third kappa shape index (κ3) is 10.4. The predicted molar refractivity (Wildman–Crippen MR) is 460 cm³/mol. The fourth-order valence-electron chi connectivity index (χ4n) is 17.8. The van der Waals surface area contributed by atoms with E-state index in [1.165, 1.54) is 76.2 Å². The number of anilines is 9. The molecule has 0 spiro atoms. The van der Waals surface area contributed by atoms with E-state index in [4.69, 9.17) is 0 Å². The third-order valence-electron chi connectivity index (χ3n) is 22.6. The molecule has 0 amide bonds. The number of rotatable bonds is 13. The minimum Gasteiger partial charge on any atom is -0.310 e. The van der Waals surface area contributed by atoms with E-state index < -0.39 is 0 Å². The molecule has 4 heteroatoms. The molecule has 3 nitrogen and oxygen atoms in total. The first kappa shape index (κ1) is 62.5. The van der Waals surface area contributed by atoms with Crippen LogP contribution in [-0.4, -0.2) is 6.71 Å². The smallest absolute Gasteiger partial charge is 0.252 e. The molecule has 0 N–H and O–H groups in total. The molecule has 2 aliphatic rings. The van der Waals surface area contributed by atoms with Crippen LogP contribution in [0.2, 0.25) is 0 Å². The van der Waals surface area contributed by atoms with Crippen LogP contribution >= 0.6 is 0 Å². The van der Waals surface area contributed by atoms with E-state index in [1.807, 2.05) is 0 Å². The Morgan fingerprint density at radius 3 is 0.944 bits per heavy atom. The molecule has 0 aliphatic carbocycles. The summed E-state index contributed by atoms with van der Waals surface area (Å²) in [7, 11) is 0. The van der Waals surface area contributed by atoms with Crippen molar-refractivity contribution in [1.29, 1.82) is 0 Å². The van der Waals surface area contributed by atoms with Crippen LogP contribution in [0.3, 0.4) is 0 Å². The minimum absolute atomic E-state index is 0.313. The summed E-state index contributed by atoms with van der Waals surface area (Å²) in [6.07, 6.45) is 0. The molecule has 0 bridgehead atoms. The molecule has 19 aromatic rings. The lowest BCUT2D eigenvalue weighted by Crippen LogP contribution is -2.61. The fourth-order valence-corrected chi connectivity index (χ4v) is 17.8. The molecule has 19 aromatic carbocycles. The van der Waals surface area contributed by atoms with Gasteiger partial charge >= 0.3 is 0 Å². The average molecular weight is 1370 g/mol. The molecule has 0 saturated heterocycles. The van der Waals surface area contributed by atoms with Gasteiger partial charge in [0.2, 0.25) is 0 Å². The van der Waals surface area contributed by atoms with Crippen molar-refractivity contribution in [2.75, 3.05) is 14.7 Å². The summed E-state index contributed by atoms with van der Waals surface area (Å²) < 4.78 is 0. The minimum atomic E-state index is -0.313. The molecule has 21 rings (SSSR count). The number of benzene rings is 19. The van der Waals surface area contributed by atoms with E-state index in [-0.39, 0.29) is 6.71 Å². The van der Waals surface area contributed by atoms with Crippen molar-refractivity contribution in [2.24, 2.45) is 0 Å². The second-order valence-corrected chi connectivity index (χ2v) is 28.5. The Morgan fingerprint density at radius 1 is 0.194 bits per heavy atom. The van der Waals surface area contributed by atoms with Crippen molar-refractivity contribution < 1.29 is 0 Å². The lowest BCUT2D eigenvalue weighted by Gasteiger charge is -2.46. The van der Waals surface area contributed by atoms with Crippen molar-refractivity contribution in [1.82, 2.24) is 0 Å². The standard InChI is InChI=1S/C104H68BN3/c1-8-27-69(28-9-1)72-51-57-81(58-52-72)106(82-59-53-73(54-60-82)70-29-10-2-11-30-70)83-67-98-102-99(68-83)108(104-87(76-37-18-6-19-38-76)45-25-46-88(104)77-39-20-7-21-40-77)97-64-56-80(84-61-62-93-91-48-23-42-78-41-22-47-90(100(78)91)92-50-26-49-89(84)101(92)93)66-95(97)105(102)94-65-79(71-31-12-3-13-32-71)55-63-96(94)107(98)103-85(74-33-14-4-15-34-74)43-24-44-86(103)75-35-16-5-17-36-75/h1-68H. The summed E-state index contributed by atoms with van der Waals surface area (Å²) in [5, 5.41) is 10.2. The Kier molecular flexibility index (Phi) is 15.0. The average Bonchev–Trinajstić information content (AvgIpc) is 0.690. The third-order valence-corrected chi connectivity index (χ3v) is 22.6. The Labute approximate surface area is 629 Å². The molecule has 0 saturated carbocycles. The van der Waals surface area contributed by atoms with Crippen molar-refractivity contribution in [3.63, 3.8) is 0 Å². The first-order valence-corrected chi connectivity index (χ1v) is 37.4. The Bertz CT molecular complexity index is 6370. The first-order valence-electron chi connectivity index (χ1n) is 37.4. The fraction of sp³-hybridized carbons (Fsp3) is 0. The van der Waals surface area contributed by atoms with Crippen LogP contribution in [0.25, 0.3) is 132 Å². The van der Waals surface area contributed by atoms with Gasteiger partial charge in [-0.2, -0.15) is 0 Å². The van der Waals surface area contributed by atoms with Crippen molar-refractivity contribution in [3.8, 4) is 89.0 Å². The van der Waals surface area contributed by atoms with Crippen LogP contribution in [0.1, 0.15) is 0 Å². The van der Waals surface area contributed by atoms with Gasteiger partial charge < -0.3 is 14.7 Å². The highest BCUT2D eigenvalue weighted by Gasteiger charge is 2.46. The lowest BCUT2D eigenvalue weighted by molar-refractivity contribution is 1.23. The summed E-state index contributed by atoms with van der Waals surface area (Å²) >= 11 is 0. The van der Waals surface area contributed by atoms with E-state index in [0.29, 0.717) is 0 Å². The number of hydrogen-bond donors (Lipinski definition) is 0. The predicted octanol–water partition coefficient (Wildman–Crippen LogP) is 26.6. The van der Waals surface area contributed by atoms with Crippen molar-refractivity contribution in [3.05, 3.63) is 413 Å². The summed E-state index contributed by atoms with van der Waals surface area (Å²) in [5.74, 6) is 0. The zero-order chi connectivity index (χ0) is 71.2. The van der Waals surface area contributed by atoms with E-state index in [1.54, 1.807) is 0 Å². The van der Waals surface area contributed by atoms with Gasteiger partial charge in [0.15, 0.2) is 0 Å². The van der Waals surface area contributed by atoms with E-state index in [9.17, 15) is 0 Å². The monoisotopic (exact) mass is 1370 g/mol. The number of para-hydroxylation sites is 2. The van der Waals surface area contributed by atoms with Crippen LogP contribution < -0.4 is 31.1 Å². The number of nitrogens with zero attached hydrogens (tertiary/aromatic N) is 3. The molecular formula is C104H68BN3. The molecule has 0 atom stereocenters. The van der Waals surface area contributed by atoms with Gasteiger partial charge in [0.25, 0.3) is 6.71 Å². The maximum Gasteiger partial charge on any atom is 0.252 e. The van der Waals surface area contributed by atoms with E-state index >= 15 is 0 Å². The second-order valence-electron chi connectivity index (χ2n) is 28.5. The van der Waals surface area contributed by atoms with Gasteiger partial charge in [0.05, 0.1) is 17.1 Å². The second kappa shape index (κ2) is 26.0. The van der Waals surface area contributed by atoms with Crippen molar-refractivity contribution >= 4 is 117 Å². The molecular weight excluding hydrogens is 1300 g/mol. The lowest BCUT2D eigenvalue weighted by atomic mass is 9.33. The molecule has 0 radical (unpaired) electrons. The normalized spacial score (nSPS) is 12.2. The molecule has 502 valence electrons. The topological polar surface area (TPSA) is 9.72 Å². The van der Waals surface area contributed by atoms with Crippen LogP contribution in [0.15, 0.2) is 413 Å². The number of fused-ring (bicyclic) bond motifs is 6. The van der Waals surface area contributed by atoms with Gasteiger partial charge in [0.1, 0.15) is 0 Å².